The Morgan fingerprint density at radius 1 is 0.800 bits per heavy atom. The van der Waals surface area contributed by atoms with E-state index < -0.39 is 8.07 Å². The highest BCUT2D eigenvalue weighted by atomic mass is 28.3. The van der Waals surface area contributed by atoms with Crippen LogP contribution in [0.4, 0.5) is 0 Å². The Hall–Kier alpha value is -2.91. The minimum absolute atomic E-state index is 1.31. The van der Waals surface area contributed by atoms with Crippen molar-refractivity contribution in [1.82, 2.24) is 4.40 Å². The number of benzene rings is 3. The molecule has 148 valence electrons. The number of aromatic nitrogens is 2. The molecule has 0 atom stereocenters. The molecule has 0 amide bonds. The van der Waals surface area contributed by atoms with E-state index in [1.54, 1.807) is 0 Å². The van der Waals surface area contributed by atoms with E-state index in [2.05, 4.69) is 104 Å². The van der Waals surface area contributed by atoms with Gasteiger partial charge in [0.25, 0.3) is 0 Å². The Bertz CT molecular complexity index is 1650. The summed E-state index contributed by atoms with van der Waals surface area (Å²) in [5, 5.41) is 8.33. The van der Waals surface area contributed by atoms with Crippen molar-refractivity contribution < 1.29 is 4.57 Å². The standard InChI is InChI=1S/C27H27N2Si/c1-16-7-9-20-21-10-8-17(2)24-26(21)29(22(20)13-16)23-15-19(30(4,5)6)14-18-11-12-28(3)27(24)25(18)23/h7-15H,1-6H3/q+1. The maximum atomic E-state index is 2.55. The van der Waals surface area contributed by atoms with Crippen LogP contribution in [-0.4, -0.2) is 12.5 Å². The number of fused-ring (bicyclic) bond motifs is 5. The quantitative estimate of drug-likeness (QED) is 0.137. The van der Waals surface area contributed by atoms with Gasteiger partial charge in [-0.3, -0.25) is 0 Å². The van der Waals surface area contributed by atoms with Gasteiger partial charge in [-0.1, -0.05) is 55.2 Å². The van der Waals surface area contributed by atoms with Crippen LogP contribution in [0.3, 0.4) is 0 Å². The van der Waals surface area contributed by atoms with Crippen LogP contribution in [0.15, 0.2) is 54.7 Å². The Balaban J connectivity index is 2.07. The minimum atomic E-state index is -1.47. The monoisotopic (exact) mass is 407 g/mol. The van der Waals surface area contributed by atoms with E-state index in [0.29, 0.717) is 0 Å². The van der Waals surface area contributed by atoms with Crippen LogP contribution in [-0.2, 0) is 7.05 Å². The zero-order chi connectivity index (χ0) is 20.9. The molecule has 0 aliphatic heterocycles. The summed E-state index contributed by atoms with van der Waals surface area (Å²) < 4.78 is 4.87. The maximum Gasteiger partial charge on any atom is 0.224 e. The van der Waals surface area contributed by atoms with Gasteiger partial charge >= 0.3 is 0 Å². The van der Waals surface area contributed by atoms with E-state index in [1.165, 1.54) is 65.3 Å². The van der Waals surface area contributed by atoms with E-state index >= 15 is 0 Å². The Labute approximate surface area is 177 Å². The third-order valence-corrected chi connectivity index (χ3v) is 8.87. The molecule has 0 fully saturated rings. The fourth-order valence-electron chi connectivity index (χ4n) is 5.26. The average Bonchev–Trinajstić information content (AvgIpc) is 3.01. The number of nitrogens with zero attached hydrogens (tertiary/aromatic N) is 2. The Kier molecular flexibility index (Phi) is 3.35. The average molecular weight is 408 g/mol. The zero-order valence-corrected chi connectivity index (χ0v) is 19.6. The lowest BCUT2D eigenvalue weighted by Gasteiger charge is -2.20. The number of hydrogen-bond donors (Lipinski definition) is 0. The molecule has 3 aromatic heterocycles. The lowest BCUT2D eigenvalue weighted by Crippen LogP contribution is -2.38. The van der Waals surface area contributed by atoms with Crippen molar-refractivity contribution in [2.24, 2.45) is 7.05 Å². The van der Waals surface area contributed by atoms with Crippen molar-refractivity contribution in [3.05, 3.63) is 65.9 Å². The first-order valence-electron chi connectivity index (χ1n) is 10.8. The molecule has 0 radical (unpaired) electrons. The van der Waals surface area contributed by atoms with Crippen LogP contribution in [0.5, 0.6) is 0 Å². The second-order valence-electron chi connectivity index (χ2n) is 9.99. The van der Waals surface area contributed by atoms with Crippen LogP contribution in [0.1, 0.15) is 11.1 Å². The van der Waals surface area contributed by atoms with Crippen molar-refractivity contribution in [3.8, 4) is 0 Å². The summed E-state index contributed by atoms with van der Waals surface area (Å²) >= 11 is 0. The summed E-state index contributed by atoms with van der Waals surface area (Å²) in [6, 6.07) is 18.7. The van der Waals surface area contributed by atoms with Crippen molar-refractivity contribution in [2.75, 3.05) is 0 Å². The molecule has 0 N–H and O–H groups in total. The Morgan fingerprint density at radius 3 is 2.33 bits per heavy atom. The van der Waals surface area contributed by atoms with Crippen LogP contribution in [0.25, 0.3) is 49.0 Å². The van der Waals surface area contributed by atoms with Gasteiger partial charge in [-0.15, -0.1) is 0 Å². The van der Waals surface area contributed by atoms with Gasteiger partial charge in [0.05, 0.1) is 35.4 Å². The largest absolute Gasteiger partial charge is 0.307 e. The van der Waals surface area contributed by atoms with Gasteiger partial charge in [0.15, 0.2) is 6.20 Å². The molecule has 30 heavy (non-hydrogen) atoms. The van der Waals surface area contributed by atoms with E-state index in [9.17, 15) is 0 Å². The predicted molar refractivity (Wildman–Crippen MR) is 132 cm³/mol. The van der Waals surface area contributed by atoms with Crippen molar-refractivity contribution in [3.63, 3.8) is 0 Å². The molecule has 0 bridgehead atoms. The molecular formula is C27H27N2Si+. The van der Waals surface area contributed by atoms with Crippen molar-refractivity contribution >= 4 is 62.3 Å². The highest BCUT2D eigenvalue weighted by Gasteiger charge is 2.26. The predicted octanol–water partition coefficient (Wildman–Crippen LogP) is 5.98. The van der Waals surface area contributed by atoms with Gasteiger partial charge in [0.2, 0.25) is 5.52 Å². The van der Waals surface area contributed by atoms with E-state index in [0.717, 1.165) is 0 Å². The third-order valence-electron chi connectivity index (χ3n) is 6.85. The fourth-order valence-corrected chi connectivity index (χ4v) is 6.42. The second-order valence-corrected chi connectivity index (χ2v) is 15.1. The lowest BCUT2D eigenvalue weighted by molar-refractivity contribution is -0.643. The first kappa shape index (κ1) is 17.9. The van der Waals surface area contributed by atoms with E-state index in [-0.39, 0.29) is 0 Å². The topological polar surface area (TPSA) is 8.29 Å². The van der Waals surface area contributed by atoms with Gasteiger partial charge in [-0.25, -0.2) is 4.57 Å². The van der Waals surface area contributed by atoms with Gasteiger partial charge in [-0.2, -0.15) is 0 Å². The van der Waals surface area contributed by atoms with Crippen molar-refractivity contribution in [2.45, 2.75) is 33.5 Å². The zero-order valence-electron chi connectivity index (χ0n) is 18.6. The molecule has 6 aromatic rings. The molecule has 0 spiro atoms. The molecule has 6 rings (SSSR count). The van der Waals surface area contributed by atoms with E-state index in [1.807, 2.05) is 0 Å². The highest BCUT2D eigenvalue weighted by Crippen LogP contribution is 2.40. The smallest absolute Gasteiger partial charge is 0.224 e. The molecular weight excluding hydrogens is 380 g/mol. The normalized spacial score (nSPS) is 13.0. The number of pyridine rings is 2. The number of hydrogen-bond acceptors (Lipinski definition) is 0. The lowest BCUT2D eigenvalue weighted by atomic mass is 10.00. The summed E-state index contributed by atoms with van der Waals surface area (Å²) in [6.45, 7) is 11.8. The van der Waals surface area contributed by atoms with Gasteiger partial charge in [0, 0.05) is 16.8 Å². The van der Waals surface area contributed by atoms with Crippen LogP contribution in [0.2, 0.25) is 19.6 Å². The number of aryl methyl sites for hydroxylation is 3. The first-order valence-corrected chi connectivity index (χ1v) is 14.3. The van der Waals surface area contributed by atoms with Crippen LogP contribution in [0, 0.1) is 13.8 Å². The summed E-state index contributed by atoms with van der Waals surface area (Å²) in [4.78, 5) is 0. The molecule has 3 heteroatoms. The molecule has 0 unspecified atom stereocenters. The SMILES string of the molecule is Cc1ccc2c3ccc(C)c4c3n(c2c1)c1cc([Si](C)(C)C)cc2cc[n+](C)c4c21. The number of rotatable bonds is 1. The van der Waals surface area contributed by atoms with E-state index in [4.69, 9.17) is 0 Å². The van der Waals surface area contributed by atoms with Gasteiger partial charge < -0.3 is 4.40 Å². The Morgan fingerprint density at radius 2 is 1.57 bits per heavy atom. The van der Waals surface area contributed by atoms with Gasteiger partial charge in [-0.05, 0) is 42.5 Å². The van der Waals surface area contributed by atoms with Crippen molar-refractivity contribution in [1.29, 1.82) is 0 Å². The van der Waals surface area contributed by atoms with Gasteiger partial charge in [0.1, 0.15) is 7.05 Å². The molecule has 0 saturated heterocycles. The summed E-state index contributed by atoms with van der Waals surface area (Å²) in [5.41, 5.74) is 8.02. The summed E-state index contributed by atoms with van der Waals surface area (Å²) in [6.07, 6.45) is 2.23. The van der Waals surface area contributed by atoms with Crippen LogP contribution < -0.4 is 9.75 Å². The maximum absolute atomic E-state index is 2.55. The minimum Gasteiger partial charge on any atom is -0.307 e. The molecule has 0 saturated carbocycles. The summed E-state index contributed by atoms with van der Waals surface area (Å²) in [5.74, 6) is 0. The summed E-state index contributed by atoms with van der Waals surface area (Å²) in [7, 11) is 0.717. The molecule has 0 aliphatic carbocycles. The molecule has 3 aromatic carbocycles. The van der Waals surface area contributed by atoms with Crippen LogP contribution >= 0.6 is 0 Å². The highest BCUT2D eigenvalue weighted by molar-refractivity contribution is 6.89. The molecule has 2 nitrogen and oxygen atoms in total. The third kappa shape index (κ3) is 2.16. The molecule has 3 heterocycles. The molecule has 0 aliphatic rings. The first-order chi connectivity index (χ1) is 14.3. The fraction of sp³-hybridized carbons (Fsp3) is 0.222. The second kappa shape index (κ2) is 5.61.